The summed E-state index contributed by atoms with van der Waals surface area (Å²) in [6, 6.07) is 15.2. The first-order valence-corrected chi connectivity index (χ1v) is 18.6. The fourth-order valence-corrected chi connectivity index (χ4v) is 9.34. The molecule has 0 atom stereocenters. The predicted molar refractivity (Wildman–Crippen MR) is 194 cm³/mol. The van der Waals surface area contributed by atoms with Crippen LogP contribution in [0.3, 0.4) is 0 Å². The van der Waals surface area contributed by atoms with Gasteiger partial charge in [0, 0.05) is 72.1 Å². The lowest BCUT2D eigenvalue weighted by atomic mass is 9.73. The van der Waals surface area contributed by atoms with E-state index in [1.165, 1.54) is 29.9 Å². The molecule has 4 aliphatic rings. The minimum absolute atomic E-state index is 0.0744. The van der Waals surface area contributed by atoms with Crippen molar-refractivity contribution in [3.05, 3.63) is 93.7 Å². The number of aryl methyl sites for hydroxylation is 1. The number of hydrogen-bond donors (Lipinski definition) is 1. The molecular formula is C40H41FN4O4S. The molecule has 3 fully saturated rings. The molecule has 258 valence electrons. The lowest BCUT2D eigenvalue weighted by Crippen LogP contribution is -2.59. The summed E-state index contributed by atoms with van der Waals surface area (Å²) in [5.74, 6) is 0.0315. The Morgan fingerprint density at radius 3 is 2.50 bits per heavy atom. The zero-order chi connectivity index (χ0) is 34.4. The van der Waals surface area contributed by atoms with E-state index in [1.54, 1.807) is 41.4 Å². The molecule has 8 rings (SSSR count). The molecule has 1 spiro atoms. The van der Waals surface area contributed by atoms with E-state index in [-0.39, 0.29) is 28.9 Å². The number of carbonyl (C=O) groups excluding carboxylic acids is 3. The number of ether oxygens (including phenoxy) is 1. The Kier molecular flexibility index (Phi) is 8.77. The van der Waals surface area contributed by atoms with Crippen molar-refractivity contribution < 1.29 is 23.5 Å². The summed E-state index contributed by atoms with van der Waals surface area (Å²) in [4.78, 5) is 51.1. The molecule has 8 nitrogen and oxygen atoms in total. The van der Waals surface area contributed by atoms with E-state index in [9.17, 15) is 18.8 Å². The molecule has 2 aromatic heterocycles. The fraction of sp³-hybridized carbons (Fsp3) is 0.400. The number of benzene rings is 2. The Balaban J connectivity index is 0.990. The third-order valence-corrected chi connectivity index (χ3v) is 12.1. The summed E-state index contributed by atoms with van der Waals surface area (Å²) >= 11 is 1.47. The van der Waals surface area contributed by atoms with Gasteiger partial charge in [-0.25, -0.2) is 9.37 Å². The molecule has 1 saturated carbocycles. The topological polar surface area (TPSA) is 91.8 Å². The number of rotatable bonds is 6. The number of aromatic nitrogens is 1. The van der Waals surface area contributed by atoms with E-state index in [0.717, 1.165) is 91.3 Å². The number of nitrogens with one attached hydrogen (secondary N) is 1. The van der Waals surface area contributed by atoms with Crippen LogP contribution in [0.4, 0.5) is 21.6 Å². The maximum atomic E-state index is 14.7. The van der Waals surface area contributed by atoms with Gasteiger partial charge in [0.2, 0.25) is 0 Å². The highest BCUT2D eigenvalue weighted by atomic mass is 32.1. The normalized spacial score (nSPS) is 18.5. The SMILES string of the molecule is Cc1cnc(N2CC3(CCOCC3)C2)c(C(=O)Nc2ccc(C(=O)N3CCc4cc(C(=O)C5CCCCC5)sc4-c4ccc(F)cc43)cc2)c1. The van der Waals surface area contributed by atoms with Crippen LogP contribution in [-0.4, -0.2) is 55.4 Å². The van der Waals surface area contributed by atoms with Crippen LogP contribution < -0.4 is 15.1 Å². The monoisotopic (exact) mass is 692 g/mol. The smallest absolute Gasteiger partial charge is 0.259 e. The molecule has 0 radical (unpaired) electrons. The zero-order valence-corrected chi connectivity index (χ0v) is 29.1. The number of pyridine rings is 1. The Morgan fingerprint density at radius 2 is 1.74 bits per heavy atom. The first-order valence-electron chi connectivity index (χ1n) is 17.8. The third-order valence-electron chi connectivity index (χ3n) is 10.9. The highest BCUT2D eigenvalue weighted by Gasteiger charge is 2.45. The lowest BCUT2D eigenvalue weighted by molar-refractivity contribution is -0.000511. The van der Waals surface area contributed by atoms with Gasteiger partial charge in [-0.2, -0.15) is 0 Å². The van der Waals surface area contributed by atoms with Gasteiger partial charge in [0.15, 0.2) is 5.78 Å². The average molecular weight is 693 g/mol. The summed E-state index contributed by atoms with van der Waals surface area (Å²) in [5.41, 5.74) is 4.92. The second-order valence-corrected chi connectivity index (χ2v) is 15.5. The molecule has 1 aliphatic carbocycles. The van der Waals surface area contributed by atoms with Gasteiger partial charge in [0.1, 0.15) is 11.6 Å². The van der Waals surface area contributed by atoms with Gasteiger partial charge in [-0.05, 0) is 105 Å². The molecule has 10 heteroatoms. The van der Waals surface area contributed by atoms with E-state index >= 15 is 0 Å². The highest BCUT2D eigenvalue weighted by molar-refractivity contribution is 7.17. The minimum Gasteiger partial charge on any atom is -0.381 e. The number of carbonyl (C=O) groups is 3. The van der Waals surface area contributed by atoms with Crippen molar-refractivity contribution in [2.45, 2.75) is 58.3 Å². The average Bonchev–Trinajstić information content (AvgIpc) is 3.49. The Labute approximate surface area is 295 Å². The van der Waals surface area contributed by atoms with Crippen LogP contribution in [0.25, 0.3) is 10.4 Å². The summed E-state index contributed by atoms with van der Waals surface area (Å²) in [5, 5.41) is 3.00. The quantitative estimate of drug-likeness (QED) is 0.206. The minimum atomic E-state index is -0.427. The Hall–Kier alpha value is -4.41. The van der Waals surface area contributed by atoms with Crippen molar-refractivity contribution in [2.75, 3.05) is 48.0 Å². The van der Waals surface area contributed by atoms with E-state index in [4.69, 9.17) is 4.74 Å². The number of Topliss-reactive ketones (excluding diaryl/α,β-unsaturated/α-hetero) is 1. The van der Waals surface area contributed by atoms with Crippen LogP contribution in [0.5, 0.6) is 0 Å². The van der Waals surface area contributed by atoms with Gasteiger partial charge in [-0.1, -0.05) is 19.3 Å². The molecule has 0 bridgehead atoms. The van der Waals surface area contributed by atoms with Gasteiger partial charge >= 0.3 is 0 Å². The molecule has 1 N–H and O–H groups in total. The van der Waals surface area contributed by atoms with Crippen molar-refractivity contribution in [2.24, 2.45) is 11.3 Å². The summed E-state index contributed by atoms with van der Waals surface area (Å²) < 4.78 is 20.3. The summed E-state index contributed by atoms with van der Waals surface area (Å²) in [6.07, 6.45) is 9.65. The largest absolute Gasteiger partial charge is 0.381 e. The second kappa shape index (κ2) is 13.4. The molecular weight excluding hydrogens is 652 g/mol. The lowest BCUT2D eigenvalue weighted by Gasteiger charge is -2.53. The van der Waals surface area contributed by atoms with Gasteiger partial charge in [-0.15, -0.1) is 11.3 Å². The maximum Gasteiger partial charge on any atom is 0.259 e. The first kappa shape index (κ1) is 32.8. The zero-order valence-electron chi connectivity index (χ0n) is 28.3. The number of anilines is 3. The van der Waals surface area contributed by atoms with Crippen LogP contribution in [-0.2, 0) is 11.2 Å². The van der Waals surface area contributed by atoms with E-state index in [1.807, 2.05) is 19.1 Å². The molecule has 0 unspecified atom stereocenters. The number of nitrogens with zero attached hydrogens (tertiary/aromatic N) is 3. The molecule has 3 aliphatic heterocycles. The van der Waals surface area contributed by atoms with Crippen molar-refractivity contribution in [3.8, 4) is 10.4 Å². The number of fused-ring (bicyclic) bond motifs is 3. The molecule has 4 aromatic rings. The van der Waals surface area contributed by atoms with Crippen LogP contribution in [0, 0.1) is 24.1 Å². The Bertz CT molecular complexity index is 1950. The van der Waals surface area contributed by atoms with Crippen LogP contribution >= 0.6 is 11.3 Å². The van der Waals surface area contributed by atoms with E-state index in [0.29, 0.717) is 41.3 Å². The number of ketones is 1. The van der Waals surface area contributed by atoms with Crippen molar-refractivity contribution in [1.29, 1.82) is 0 Å². The number of hydrogen-bond acceptors (Lipinski definition) is 7. The van der Waals surface area contributed by atoms with Gasteiger partial charge in [0.05, 0.1) is 16.1 Å². The van der Waals surface area contributed by atoms with Crippen molar-refractivity contribution in [1.82, 2.24) is 4.98 Å². The van der Waals surface area contributed by atoms with Gasteiger partial charge < -0.3 is 19.9 Å². The summed E-state index contributed by atoms with van der Waals surface area (Å²) in [6.45, 7) is 5.55. The van der Waals surface area contributed by atoms with E-state index in [2.05, 4.69) is 15.2 Å². The summed E-state index contributed by atoms with van der Waals surface area (Å²) in [7, 11) is 0. The Morgan fingerprint density at radius 1 is 0.980 bits per heavy atom. The van der Waals surface area contributed by atoms with Crippen LogP contribution in [0.15, 0.2) is 60.8 Å². The van der Waals surface area contributed by atoms with Crippen LogP contribution in [0.1, 0.15) is 86.5 Å². The van der Waals surface area contributed by atoms with Gasteiger partial charge in [0.25, 0.3) is 11.8 Å². The first-order chi connectivity index (χ1) is 24.3. The number of amides is 2. The van der Waals surface area contributed by atoms with Crippen molar-refractivity contribution in [3.63, 3.8) is 0 Å². The van der Waals surface area contributed by atoms with E-state index < -0.39 is 5.82 Å². The predicted octanol–water partition coefficient (Wildman–Crippen LogP) is 8.09. The van der Waals surface area contributed by atoms with Gasteiger partial charge in [-0.3, -0.25) is 14.4 Å². The molecule has 2 aromatic carbocycles. The molecule has 2 amide bonds. The molecule has 2 saturated heterocycles. The molecule has 5 heterocycles. The molecule has 50 heavy (non-hydrogen) atoms. The number of halogens is 1. The fourth-order valence-electron chi connectivity index (χ4n) is 8.08. The highest BCUT2D eigenvalue weighted by Crippen LogP contribution is 2.44. The second-order valence-electron chi connectivity index (χ2n) is 14.4. The third kappa shape index (κ3) is 6.24. The van der Waals surface area contributed by atoms with Crippen LogP contribution in [0.2, 0.25) is 0 Å². The number of thiophene rings is 1. The standard InChI is InChI=1S/C40H41FN4O4S/c1-25-19-32(37(42-22-25)44-23-40(24-44)14-17-49-18-15-40)38(47)43-30-10-7-27(8-11-30)39(48)45-16-13-28-20-34(35(46)26-5-3-2-4-6-26)50-36(28)31-12-9-29(41)21-33(31)45/h7-12,19-22,26H,2-6,13-18,23-24H2,1H3,(H,43,47). The maximum absolute atomic E-state index is 14.7. The van der Waals surface area contributed by atoms with Crippen molar-refractivity contribution >= 4 is 46.1 Å².